The fourth-order valence-corrected chi connectivity index (χ4v) is 4.60. The molecule has 0 aliphatic rings. The van der Waals surface area contributed by atoms with Gasteiger partial charge in [-0.25, -0.2) is 22.8 Å². The first-order valence-electron chi connectivity index (χ1n) is 12.3. The maximum absolute atomic E-state index is 14.7. The van der Waals surface area contributed by atoms with Gasteiger partial charge in [0.05, 0.1) is 6.54 Å². The standard InChI is InChI=1S/C28H26F3N7O/c1-37-15-24(27(36-37)19-2-4-21(29)5-3-19)23-8-10-32-13-20(23)14-33-11-9-28(39,16-38-18-34-17-35-38)25-7-6-22(30)12-26(25)31/h2-8,10,12-13,15,17-18,33,39H,9,11,14,16H2,1H3/t28-/m1/s1. The Hall–Kier alpha value is -4.35. The molecule has 200 valence electrons. The molecule has 5 aromatic rings. The summed E-state index contributed by atoms with van der Waals surface area (Å²) in [4.78, 5) is 8.15. The van der Waals surface area contributed by atoms with Gasteiger partial charge in [0.15, 0.2) is 0 Å². The third-order valence-corrected chi connectivity index (χ3v) is 6.49. The lowest BCUT2D eigenvalue weighted by Gasteiger charge is -2.29. The number of hydrogen-bond donors (Lipinski definition) is 2. The minimum Gasteiger partial charge on any atom is -0.383 e. The molecule has 3 heterocycles. The van der Waals surface area contributed by atoms with E-state index in [0.29, 0.717) is 18.8 Å². The highest BCUT2D eigenvalue weighted by Crippen LogP contribution is 2.33. The summed E-state index contributed by atoms with van der Waals surface area (Å²) in [5.41, 5.74) is 2.42. The summed E-state index contributed by atoms with van der Waals surface area (Å²) in [5.74, 6) is -1.89. The number of hydrogen-bond acceptors (Lipinski definition) is 6. The smallest absolute Gasteiger partial charge is 0.137 e. The van der Waals surface area contributed by atoms with E-state index in [-0.39, 0.29) is 24.3 Å². The molecule has 8 nitrogen and oxygen atoms in total. The van der Waals surface area contributed by atoms with E-state index in [1.54, 1.807) is 29.2 Å². The molecule has 2 N–H and O–H groups in total. The van der Waals surface area contributed by atoms with Crippen molar-refractivity contribution in [3.8, 4) is 22.4 Å². The number of aryl methyl sites for hydroxylation is 1. The number of pyridine rings is 1. The van der Waals surface area contributed by atoms with Crippen LogP contribution in [0.1, 0.15) is 17.5 Å². The maximum atomic E-state index is 14.7. The van der Waals surface area contributed by atoms with E-state index in [0.717, 1.165) is 34.4 Å². The van der Waals surface area contributed by atoms with Crippen molar-refractivity contribution < 1.29 is 18.3 Å². The van der Waals surface area contributed by atoms with Gasteiger partial charge in [0.2, 0.25) is 0 Å². The highest BCUT2D eigenvalue weighted by Gasteiger charge is 2.33. The second-order valence-corrected chi connectivity index (χ2v) is 9.28. The van der Waals surface area contributed by atoms with Crippen LogP contribution in [0.3, 0.4) is 0 Å². The molecule has 0 aliphatic carbocycles. The minimum absolute atomic E-state index is 0.0254. The Morgan fingerprint density at radius 1 is 0.974 bits per heavy atom. The Morgan fingerprint density at radius 2 is 1.77 bits per heavy atom. The molecule has 0 aliphatic heterocycles. The molecule has 0 unspecified atom stereocenters. The van der Waals surface area contributed by atoms with Crippen LogP contribution in [0.15, 0.2) is 79.8 Å². The van der Waals surface area contributed by atoms with Crippen LogP contribution in [0, 0.1) is 17.5 Å². The van der Waals surface area contributed by atoms with E-state index in [1.165, 1.54) is 35.5 Å². The van der Waals surface area contributed by atoms with E-state index in [2.05, 4.69) is 25.5 Å². The first-order valence-corrected chi connectivity index (χ1v) is 12.3. The van der Waals surface area contributed by atoms with Crippen molar-refractivity contribution in [2.24, 2.45) is 7.05 Å². The predicted octanol–water partition coefficient (Wildman–Crippen LogP) is 4.23. The topological polar surface area (TPSA) is 93.7 Å². The van der Waals surface area contributed by atoms with Crippen LogP contribution < -0.4 is 5.32 Å². The monoisotopic (exact) mass is 533 g/mol. The average Bonchev–Trinajstić information content (AvgIpc) is 3.56. The lowest BCUT2D eigenvalue weighted by molar-refractivity contribution is 0.00327. The number of aromatic nitrogens is 6. The molecule has 3 aromatic heterocycles. The van der Waals surface area contributed by atoms with Gasteiger partial charge in [0, 0.05) is 54.9 Å². The molecule has 39 heavy (non-hydrogen) atoms. The maximum Gasteiger partial charge on any atom is 0.137 e. The van der Waals surface area contributed by atoms with Crippen LogP contribution in [-0.4, -0.2) is 41.2 Å². The van der Waals surface area contributed by atoms with E-state index < -0.39 is 17.2 Å². The van der Waals surface area contributed by atoms with Gasteiger partial charge in [-0.05, 0) is 60.5 Å². The van der Waals surface area contributed by atoms with Gasteiger partial charge >= 0.3 is 0 Å². The fraction of sp³-hybridized carbons (Fsp3) is 0.214. The molecule has 11 heteroatoms. The van der Waals surface area contributed by atoms with E-state index in [9.17, 15) is 18.3 Å². The van der Waals surface area contributed by atoms with Gasteiger partial charge in [0.1, 0.15) is 41.4 Å². The van der Waals surface area contributed by atoms with Gasteiger partial charge in [0.25, 0.3) is 0 Å². The molecule has 0 bridgehead atoms. The highest BCUT2D eigenvalue weighted by molar-refractivity contribution is 5.81. The average molecular weight is 534 g/mol. The summed E-state index contributed by atoms with van der Waals surface area (Å²) in [6.45, 7) is 0.631. The van der Waals surface area contributed by atoms with Crippen LogP contribution in [-0.2, 0) is 25.7 Å². The lowest BCUT2D eigenvalue weighted by Crippen LogP contribution is -2.36. The van der Waals surface area contributed by atoms with E-state index in [4.69, 9.17) is 0 Å². The Morgan fingerprint density at radius 3 is 2.51 bits per heavy atom. The largest absolute Gasteiger partial charge is 0.383 e. The van der Waals surface area contributed by atoms with Crippen LogP contribution in [0.25, 0.3) is 22.4 Å². The normalized spacial score (nSPS) is 12.9. The number of rotatable bonds is 10. The third-order valence-electron chi connectivity index (χ3n) is 6.49. The Labute approximate surface area is 222 Å². The molecule has 0 amide bonds. The van der Waals surface area contributed by atoms with Crippen molar-refractivity contribution in [1.82, 2.24) is 34.8 Å². The number of nitrogens with zero attached hydrogens (tertiary/aromatic N) is 6. The summed E-state index contributed by atoms with van der Waals surface area (Å²) in [5, 5.41) is 23.4. The molecule has 1 atom stereocenters. The van der Waals surface area contributed by atoms with Crippen molar-refractivity contribution in [1.29, 1.82) is 0 Å². The number of benzene rings is 2. The minimum atomic E-state index is -1.67. The molecule has 0 radical (unpaired) electrons. The predicted molar refractivity (Wildman–Crippen MR) is 138 cm³/mol. The van der Waals surface area contributed by atoms with Crippen molar-refractivity contribution in [2.75, 3.05) is 6.54 Å². The van der Waals surface area contributed by atoms with Crippen molar-refractivity contribution in [3.05, 3.63) is 108 Å². The Bertz CT molecular complexity index is 1550. The molecule has 0 spiro atoms. The van der Waals surface area contributed by atoms with Crippen molar-refractivity contribution in [2.45, 2.75) is 25.1 Å². The molecule has 0 saturated heterocycles. The number of aliphatic hydroxyl groups is 1. The Kier molecular flexibility index (Phi) is 7.53. The zero-order chi connectivity index (χ0) is 27.4. The first-order chi connectivity index (χ1) is 18.8. The molecule has 2 aromatic carbocycles. The van der Waals surface area contributed by atoms with E-state index in [1.807, 2.05) is 19.3 Å². The van der Waals surface area contributed by atoms with Crippen LogP contribution in [0.4, 0.5) is 13.2 Å². The first kappa shape index (κ1) is 26.3. The molecular formula is C28H26F3N7O. The van der Waals surface area contributed by atoms with Crippen LogP contribution in [0.2, 0.25) is 0 Å². The van der Waals surface area contributed by atoms with Gasteiger partial charge in [-0.15, -0.1) is 0 Å². The molecule has 5 rings (SSSR count). The van der Waals surface area contributed by atoms with Gasteiger partial charge in [-0.2, -0.15) is 10.2 Å². The zero-order valence-electron chi connectivity index (χ0n) is 21.1. The quantitative estimate of drug-likeness (QED) is 0.261. The summed E-state index contributed by atoms with van der Waals surface area (Å²) in [6, 6.07) is 11.2. The molecule has 0 saturated carbocycles. The van der Waals surface area contributed by atoms with Crippen LogP contribution >= 0.6 is 0 Å². The van der Waals surface area contributed by atoms with Gasteiger partial charge < -0.3 is 10.4 Å². The SMILES string of the molecule is Cn1cc(-c2ccncc2CNCC[C@@](O)(Cn2cncn2)c2ccc(F)cc2F)c(-c2ccc(F)cc2)n1. The number of nitrogens with one attached hydrogen (secondary N) is 1. The van der Waals surface area contributed by atoms with E-state index >= 15 is 0 Å². The Balaban J connectivity index is 1.35. The number of halogens is 3. The summed E-state index contributed by atoms with van der Waals surface area (Å²) < 4.78 is 44.8. The van der Waals surface area contributed by atoms with Crippen molar-refractivity contribution in [3.63, 3.8) is 0 Å². The summed E-state index contributed by atoms with van der Waals surface area (Å²) in [6.07, 6.45) is 8.18. The zero-order valence-corrected chi connectivity index (χ0v) is 21.1. The van der Waals surface area contributed by atoms with Crippen LogP contribution in [0.5, 0.6) is 0 Å². The highest BCUT2D eigenvalue weighted by atomic mass is 19.1. The fourth-order valence-electron chi connectivity index (χ4n) is 4.60. The second-order valence-electron chi connectivity index (χ2n) is 9.28. The van der Waals surface area contributed by atoms with Crippen molar-refractivity contribution >= 4 is 0 Å². The third kappa shape index (κ3) is 5.89. The van der Waals surface area contributed by atoms with Gasteiger partial charge in [-0.1, -0.05) is 6.07 Å². The van der Waals surface area contributed by atoms with Gasteiger partial charge in [-0.3, -0.25) is 9.67 Å². The molecule has 0 fully saturated rings. The lowest BCUT2D eigenvalue weighted by atomic mass is 9.89. The second kappa shape index (κ2) is 11.2. The summed E-state index contributed by atoms with van der Waals surface area (Å²) in [7, 11) is 1.82. The molecular weight excluding hydrogens is 507 g/mol. The summed E-state index contributed by atoms with van der Waals surface area (Å²) >= 11 is 0.